The SMILES string of the molecule is O=C(O)Cc1cccc(NC(=O)CCC2CCCCO2)c1. The molecule has 1 aromatic carbocycles. The molecule has 21 heavy (non-hydrogen) atoms. The van der Waals surface area contributed by atoms with Crippen LogP contribution in [0.3, 0.4) is 0 Å². The van der Waals surface area contributed by atoms with E-state index in [0.717, 1.165) is 25.9 Å². The van der Waals surface area contributed by atoms with Gasteiger partial charge in [0, 0.05) is 18.7 Å². The second kappa shape index (κ2) is 7.78. The first-order valence-electron chi connectivity index (χ1n) is 7.35. The Morgan fingerprint density at radius 1 is 1.33 bits per heavy atom. The van der Waals surface area contributed by atoms with E-state index < -0.39 is 5.97 Å². The zero-order valence-corrected chi connectivity index (χ0v) is 12.0. The Hall–Kier alpha value is -1.88. The minimum absolute atomic E-state index is 0.0420. The molecule has 1 saturated heterocycles. The lowest BCUT2D eigenvalue weighted by Crippen LogP contribution is -2.21. The van der Waals surface area contributed by atoms with Gasteiger partial charge in [-0.05, 0) is 43.4 Å². The number of rotatable bonds is 6. The average molecular weight is 291 g/mol. The fourth-order valence-corrected chi connectivity index (χ4v) is 2.48. The van der Waals surface area contributed by atoms with Gasteiger partial charge < -0.3 is 15.2 Å². The number of carbonyl (C=O) groups is 2. The molecule has 0 aliphatic carbocycles. The lowest BCUT2D eigenvalue weighted by Gasteiger charge is -2.22. The first-order valence-corrected chi connectivity index (χ1v) is 7.35. The van der Waals surface area contributed by atoms with Gasteiger partial charge in [-0.2, -0.15) is 0 Å². The molecule has 2 rings (SSSR count). The van der Waals surface area contributed by atoms with Crippen molar-refractivity contribution in [2.45, 2.75) is 44.6 Å². The van der Waals surface area contributed by atoms with Crippen molar-refractivity contribution in [3.63, 3.8) is 0 Å². The number of carbonyl (C=O) groups excluding carboxylic acids is 1. The number of benzene rings is 1. The van der Waals surface area contributed by atoms with Crippen molar-refractivity contribution in [3.8, 4) is 0 Å². The fraction of sp³-hybridized carbons (Fsp3) is 0.500. The van der Waals surface area contributed by atoms with Crippen LogP contribution in [0.4, 0.5) is 5.69 Å². The van der Waals surface area contributed by atoms with Crippen molar-refractivity contribution in [1.82, 2.24) is 0 Å². The number of hydrogen-bond acceptors (Lipinski definition) is 3. The maximum atomic E-state index is 11.9. The number of anilines is 1. The summed E-state index contributed by atoms with van der Waals surface area (Å²) in [5.41, 5.74) is 1.32. The summed E-state index contributed by atoms with van der Waals surface area (Å²) in [6.07, 6.45) is 4.63. The normalized spacial score (nSPS) is 18.2. The zero-order chi connectivity index (χ0) is 15.1. The van der Waals surface area contributed by atoms with Gasteiger partial charge in [0.1, 0.15) is 0 Å². The molecule has 2 N–H and O–H groups in total. The molecule has 5 nitrogen and oxygen atoms in total. The molecule has 1 unspecified atom stereocenters. The molecule has 0 bridgehead atoms. The molecule has 0 aromatic heterocycles. The molecule has 1 amide bonds. The van der Waals surface area contributed by atoms with Crippen molar-refractivity contribution >= 4 is 17.6 Å². The highest BCUT2D eigenvalue weighted by Gasteiger charge is 2.15. The van der Waals surface area contributed by atoms with Crippen LogP contribution >= 0.6 is 0 Å². The van der Waals surface area contributed by atoms with Gasteiger partial charge in [0.05, 0.1) is 12.5 Å². The predicted octanol–water partition coefficient (Wildman–Crippen LogP) is 2.60. The summed E-state index contributed by atoms with van der Waals surface area (Å²) in [7, 11) is 0. The average Bonchev–Trinajstić information content (AvgIpc) is 2.46. The Balaban J connectivity index is 1.80. The van der Waals surface area contributed by atoms with Gasteiger partial charge >= 0.3 is 5.97 Å². The standard InChI is InChI=1S/C16H21NO4/c18-15(8-7-14-6-1-2-9-21-14)17-13-5-3-4-12(10-13)11-16(19)20/h3-5,10,14H,1-2,6-9,11H2,(H,17,18)(H,19,20). The molecule has 114 valence electrons. The molecule has 0 spiro atoms. The van der Waals surface area contributed by atoms with Crippen LogP contribution in [-0.2, 0) is 20.7 Å². The van der Waals surface area contributed by atoms with Gasteiger partial charge in [0.2, 0.25) is 5.91 Å². The van der Waals surface area contributed by atoms with Crippen LogP contribution in [0, 0.1) is 0 Å². The Morgan fingerprint density at radius 3 is 2.90 bits per heavy atom. The van der Waals surface area contributed by atoms with Crippen molar-refractivity contribution in [3.05, 3.63) is 29.8 Å². The molecule has 1 heterocycles. The quantitative estimate of drug-likeness (QED) is 0.844. The lowest BCUT2D eigenvalue weighted by molar-refractivity contribution is -0.136. The molecule has 0 saturated carbocycles. The number of hydrogen-bond donors (Lipinski definition) is 2. The molecule has 5 heteroatoms. The lowest BCUT2D eigenvalue weighted by atomic mass is 10.0. The van der Waals surface area contributed by atoms with E-state index in [-0.39, 0.29) is 18.4 Å². The van der Waals surface area contributed by atoms with Gasteiger partial charge in [-0.1, -0.05) is 12.1 Å². The van der Waals surface area contributed by atoms with E-state index in [2.05, 4.69) is 5.32 Å². The molecule has 1 atom stereocenters. The molecule has 1 aromatic rings. The maximum Gasteiger partial charge on any atom is 0.307 e. The third kappa shape index (κ3) is 5.55. The Bertz CT molecular complexity index is 495. The maximum absolute atomic E-state index is 11.9. The van der Waals surface area contributed by atoms with Gasteiger partial charge in [-0.15, -0.1) is 0 Å². The first-order chi connectivity index (χ1) is 10.1. The monoisotopic (exact) mass is 291 g/mol. The van der Waals surface area contributed by atoms with Crippen molar-refractivity contribution in [2.75, 3.05) is 11.9 Å². The summed E-state index contributed by atoms with van der Waals surface area (Å²) in [6, 6.07) is 6.95. The summed E-state index contributed by atoms with van der Waals surface area (Å²) in [6.45, 7) is 0.795. The Kier molecular flexibility index (Phi) is 5.75. The van der Waals surface area contributed by atoms with Crippen molar-refractivity contribution < 1.29 is 19.4 Å². The van der Waals surface area contributed by atoms with Crippen LogP contribution in [0.2, 0.25) is 0 Å². The van der Waals surface area contributed by atoms with Crippen molar-refractivity contribution in [1.29, 1.82) is 0 Å². The molecular formula is C16H21NO4. The summed E-state index contributed by atoms with van der Waals surface area (Å²) >= 11 is 0. The molecule has 1 fully saturated rings. The van der Waals surface area contributed by atoms with Crippen LogP contribution in [-0.4, -0.2) is 29.7 Å². The van der Waals surface area contributed by atoms with Crippen LogP contribution in [0.5, 0.6) is 0 Å². The highest BCUT2D eigenvalue weighted by Crippen LogP contribution is 2.18. The van der Waals surface area contributed by atoms with E-state index >= 15 is 0 Å². The predicted molar refractivity (Wildman–Crippen MR) is 79.2 cm³/mol. The summed E-state index contributed by atoms with van der Waals surface area (Å²) in [5.74, 6) is -0.940. The van der Waals surface area contributed by atoms with Gasteiger partial charge in [0.25, 0.3) is 0 Å². The summed E-state index contributed by atoms with van der Waals surface area (Å²) in [5, 5.41) is 11.6. The van der Waals surface area contributed by atoms with Gasteiger partial charge in [-0.25, -0.2) is 0 Å². The Morgan fingerprint density at radius 2 is 2.19 bits per heavy atom. The van der Waals surface area contributed by atoms with Crippen LogP contribution in [0.1, 0.15) is 37.7 Å². The number of nitrogens with one attached hydrogen (secondary N) is 1. The largest absolute Gasteiger partial charge is 0.481 e. The van der Waals surface area contributed by atoms with Crippen LogP contribution in [0.25, 0.3) is 0 Å². The molecule has 0 radical (unpaired) electrons. The van der Waals surface area contributed by atoms with Crippen LogP contribution in [0.15, 0.2) is 24.3 Å². The summed E-state index contributed by atoms with van der Waals surface area (Å²) < 4.78 is 5.60. The zero-order valence-electron chi connectivity index (χ0n) is 12.0. The van der Waals surface area contributed by atoms with E-state index in [1.54, 1.807) is 24.3 Å². The smallest absolute Gasteiger partial charge is 0.307 e. The number of ether oxygens (including phenoxy) is 1. The van der Waals surface area contributed by atoms with E-state index in [9.17, 15) is 9.59 Å². The highest BCUT2D eigenvalue weighted by molar-refractivity contribution is 5.90. The van der Waals surface area contributed by atoms with E-state index in [1.807, 2.05) is 0 Å². The number of carboxylic acids is 1. The van der Waals surface area contributed by atoms with E-state index in [1.165, 1.54) is 6.42 Å². The highest BCUT2D eigenvalue weighted by atomic mass is 16.5. The number of aliphatic carboxylic acids is 1. The fourth-order valence-electron chi connectivity index (χ4n) is 2.48. The molecular weight excluding hydrogens is 270 g/mol. The third-order valence-corrected chi connectivity index (χ3v) is 3.53. The van der Waals surface area contributed by atoms with Gasteiger partial charge in [-0.3, -0.25) is 9.59 Å². The molecule has 1 aliphatic rings. The Labute approximate surface area is 124 Å². The molecule has 1 aliphatic heterocycles. The third-order valence-electron chi connectivity index (χ3n) is 3.53. The number of carboxylic acid groups (broad SMARTS) is 1. The van der Waals surface area contributed by atoms with Crippen LogP contribution < -0.4 is 5.32 Å². The second-order valence-corrected chi connectivity index (χ2v) is 5.35. The van der Waals surface area contributed by atoms with E-state index in [4.69, 9.17) is 9.84 Å². The van der Waals surface area contributed by atoms with Gasteiger partial charge in [0.15, 0.2) is 0 Å². The van der Waals surface area contributed by atoms with E-state index in [0.29, 0.717) is 17.7 Å². The van der Waals surface area contributed by atoms with Crippen molar-refractivity contribution in [2.24, 2.45) is 0 Å². The minimum Gasteiger partial charge on any atom is -0.481 e. The summed E-state index contributed by atoms with van der Waals surface area (Å²) in [4.78, 5) is 22.6. The first kappa shape index (κ1) is 15.5. The number of amides is 1. The topological polar surface area (TPSA) is 75.6 Å². The second-order valence-electron chi connectivity index (χ2n) is 5.35. The minimum atomic E-state index is -0.882.